The standard InChI is InChI=1S/C9H18F3NOSi/c1-4-5-6-15(2,3)7-13-8(14)9(10,11)12/h4-7H2,1-3H3,(H,13,14). The average molecular weight is 241 g/mol. The summed E-state index contributed by atoms with van der Waals surface area (Å²) in [6, 6.07) is 0.946. The smallest absolute Gasteiger partial charge is 0.351 e. The van der Waals surface area contributed by atoms with Crippen molar-refractivity contribution < 1.29 is 18.0 Å². The Kier molecular flexibility index (Phi) is 5.34. The topological polar surface area (TPSA) is 29.1 Å². The highest BCUT2D eigenvalue weighted by Crippen LogP contribution is 2.16. The molecule has 6 heteroatoms. The lowest BCUT2D eigenvalue weighted by molar-refractivity contribution is -0.173. The zero-order chi connectivity index (χ0) is 12.1. The summed E-state index contributed by atoms with van der Waals surface area (Å²) >= 11 is 0. The van der Waals surface area contributed by atoms with Gasteiger partial charge < -0.3 is 5.32 Å². The summed E-state index contributed by atoms with van der Waals surface area (Å²) in [7, 11) is -1.70. The van der Waals surface area contributed by atoms with Crippen molar-refractivity contribution >= 4 is 14.0 Å². The van der Waals surface area contributed by atoms with E-state index in [4.69, 9.17) is 0 Å². The van der Waals surface area contributed by atoms with Gasteiger partial charge in [0, 0.05) is 6.17 Å². The zero-order valence-corrected chi connectivity index (χ0v) is 10.4. The van der Waals surface area contributed by atoms with Crippen molar-refractivity contribution in [1.29, 1.82) is 0 Å². The van der Waals surface area contributed by atoms with Gasteiger partial charge in [-0.2, -0.15) is 13.2 Å². The van der Waals surface area contributed by atoms with E-state index in [1.54, 1.807) is 0 Å². The van der Waals surface area contributed by atoms with E-state index in [-0.39, 0.29) is 6.17 Å². The van der Waals surface area contributed by atoms with Gasteiger partial charge in [-0.15, -0.1) is 0 Å². The maximum atomic E-state index is 11.9. The Morgan fingerprint density at radius 2 is 1.87 bits per heavy atom. The Balaban J connectivity index is 3.98. The van der Waals surface area contributed by atoms with Crippen molar-refractivity contribution in [1.82, 2.24) is 5.32 Å². The Labute approximate surface area is 89.2 Å². The summed E-state index contributed by atoms with van der Waals surface area (Å²) in [5.74, 6) is -1.82. The predicted octanol–water partition coefficient (Wildman–Crippen LogP) is 2.71. The fourth-order valence-corrected chi connectivity index (χ4v) is 3.29. The Morgan fingerprint density at radius 1 is 1.33 bits per heavy atom. The van der Waals surface area contributed by atoms with E-state index in [0.29, 0.717) is 0 Å². The molecule has 0 aromatic heterocycles. The summed E-state index contributed by atoms with van der Waals surface area (Å²) < 4.78 is 35.6. The molecule has 0 aliphatic rings. The van der Waals surface area contributed by atoms with E-state index in [1.807, 2.05) is 25.3 Å². The molecular weight excluding hydrogens is 223 g/mol. The van der Waals surface area contributed by atoms with Crippen molar-refractivity contribution in [2.45, 2.75) is 45.1 Å². The number of alkyl halides is 3. The van der Waals surface area contributed by atoms with E-state index in [1.165, 1.54) is 0 Å². The molecule has 0 rings (SSSR count). The molecule has 0 heterocycles. The summed E-state index contributed by atoms with van der Waals surface area (Å²) in [6.07, 6.45) is -2.51. The first-order valence-corrected chi connectivity index (χ1v) is 8.45. The Hall–Kier alpha value is -0.523. The number of rotatable bonds is 5. The van der Waals surface area contributed by atoms with Crippen LogP contribution in [0.1, 0.15) is 19.8 Å². The molecule has 1 N–H and O–H groups in total. The largest absolute Gasteiger partial charge is 0.471 e. The van der Waals surface area contributed by atoms with Crippen LogP contribution in [0.5, 0.6) is 0 Å². The van der Waals surface area contributed by atoms with E-state index >= 15 is 0 Å². The molecule has 1 amide bonds. The molecule has 0 atom stereocenters. The van der Waals surface area contributed by atoms with Gasteiger partial charge in [-0.1, -0.05) is 38.9 Å². The number of amides is 1. The van der Waals surface area contributed by atoms with Gasteiger partial charge in [0.2, 0.25) is 0 Å². The maximum Gasteiger partial charge on any atom is 0.471 e. The van der Waals surface area contributed by atoms with Crippen LogP contribution in [0.15, 0.2) is 0 Å². The van der Waals surface area contributed by atoms with Gasteiger partial charge in [0.05, 0.1) is 8.07 Å². The predicted molar refractivity (Wildman–Crippen MR) is 56.3 cm³/mol. The molecule has 0 fully saturated rings. The van der Waals surface area contributed by atoms with Crippen LogP contribution in [0.2, 0.25) is 19.1 Å². The number of carbonyl (C=O) groups excluding carboxylic acids is 1. The van der Waals surface area contributed by atoms with Crippen molar-refractivity contribution in [2.75, 3.05) is 6.17 Å². The van der Waals surface area contributed by atoms with Crippen molar-refractivity contribution in [2.24, 2.45) is 0 Å². The van der Waals surface area contributed by atoms with E-state index in [9.17, 15) is 18.0 Å². The minimum Gasteiger partial charge on any atom is -0.351 e. The lowest BCUT2D eigenvalue weighted by Crippen LogP contribution is -2.46. The molecule has 0 aromatic carbocycles. The van der Waals surface area contributed by atoms with Crippen LogP contribution >= 0.6 is 0 Å². The molecule has 0 saturated carbocycles. The summed E-state index contributed by atoms with van der Waals surface area (Å²) in [6.45, 7) is 6.01. The molecule has 0 saturated heterocycles. The highest BCUT2D eigenvalue weighted by Gasteiger charge is 2.39. The fourth-order valence-electron chi connectivity index (χ4n) is 1.16. The monoisotopic (exact) mass is 241 g/mol. The van der Waals surface area contributed by atoms with Gasteiger partial charge >= 0.3 is 12.1 Å². The van der Waals surface area contributed by atoms with Crippen LogP contribution in [-0.2, 0) is 4.79 Å². The molecule has 15 heavy (non-hydrogen) atoms. The molecule has 0 radical (unpaired) electrons. The SMILES string of the molecule is CCCC[Si](C)(C)CNC(=O)C(F)(F)F. The van der Waals surface area contributed by atoms with Gasteiger partial charge in [0.15, 0.2) is 0 Å². The molecule has 0 aliphatic heterocycles. The molecule has 0 spiro atoms. The third-order valence-electron chi connectivity index (χ3n) is 2.19. The van der Waals surface area contributed by atoms with Crippen molar-refractivity contribution in [3.05, 3.63) is 0 Å². The molecule has 90 valence electrons. The molecule has 0 aliphatic carbocycles. The van der Waals surface area contributed by atoms with Crippen LogP contribution in [0.3, 0.4) is 0 Å². The average Bonchev–Trinajstić information content (AvgIpc) is 2.09. The lowest BCUT2D eigenvalue weighted by Gasteiger charge is -2.22. The molecule has 0 bridgehead atoms. The van der Waals surface area contributed by atoms with Gasteiger partial charge in [0.1, 0.15) is 0 Å². The summed E-state index contributed by atoms with van der Waals surface area (Å²) in [4.78, 5) is 10.6. The quantitative estimate of drug-likeness (QED) is 0.737. The van der Waals surface area contributed by atoms with E-state index in [2.05, 4.69) is 0 Å². The molecule has 2 nitrogen and oxygen atoms in total. The van der Waals surface area contributed by atoms with Crippen LogP contribution in [0.25, 0.3) is 0 Å². The highest BCUT2D eigenvalue weighted by molar-refractivity contribution is 6.77. The number of hydrogen-bond donors (Lipinski definition) is 1. The van der Waals surface area contributed by atoms with Crippen LogP contribution < -0.4 is 5.32 Å². The summed E-state index contributed by atoms with van der Waals surface area (Å²) in [5, 5.41) is 1.97. The third-order valence-corrected chi connectivity index (χ3v) is 5.03. The third kappa shape index (κ3) is 6.54. The zero-order valence-electron chi connectivity index (χ0n) is 9.37. The number of nitrogens with one attached hydrogen (secondary N) is 1. The van der Waals surface area contributed by atoms with Crippen molar-refractivity contribution in [3.63, 3.8) is 0 Å². The van der Waals surface area contributed by atoms with Crippen LogP contribution in [-0.4, -0.2) is 26.3 Å². The van der Waals surface area contributed by atoms with E-state index in [0.717, 1.165) is 18.9 Å². The minimum absolute atomic E-state index is 0.200. The van der Waals surface area contributed by atoms with Crippen molar-refractivity contribution in [3.8, 4) is 0 Å². The van der Waals surface area contributed by atoms with Crippen LogP contribution in [0, 0.1) is 0 Å². The van der Waals surface area contributed by atoms with Gasteiger partial charge in [-0.3, -0.25) is 4.79 Å². The second-order valence-electron chi connectivity index (χ2n) is 4.45. The van der Waals surface area contributed by atoms with Crippen LogP contribution in [0.4, 0.5) is 13.2 Å². The Bertz CT molecular complexity index is 216. The first kappa shape index (κ1) is 14.5. The maximum absolute atomic E-state index is 11.9. The molecule has 0 aromatic rings. The van der Waals surface area contributed by atoms with E-state index < -0.39 is 20.2 Å². The number of halogens is 3. The van der Waals surface area contributed by atoms with Gasteiger partial charge in [-0.05, 0) is 0 Å². The Morgan fingerprint density at radius 3 is 2.27 bits per heavy atom. The second-order valence-corrected chi connectivity index (χ2v) is 9.63. The molecule has 0 unspecified atom stereocenters. The molecular formula is C9H18F3NOSi. The normalized spacial score (nSPS) is 12.7. The highest BCUT2D eigenvalue weighted by atomic mass is 28.3. The number of unbranched alkanes of at least 4 members (excludes halogenated alkanes) is 1. The first-order chi connectivity index (χ1) is 6.69. The number of carbonyl (C=O) groups is 1. The van der Waals surface area contributed by atoms with Gasteiger partial charge in [-0.25, -0.2) is 0 Å². The first-order valence-electron chi connectivity index (χ1n) is 5.04. The minimum atomic E-state index is -4.75. The lowest BCUT2D eigenvalue weighted by atomic mass is 10.4. The fraction of sp³-hybridized carbons (Fsp3) is 0.889. The second kappa shape index (κ2) is 5.53. The number of hydrogen-bond acceptors (Lipinski definition) is 1. The summed E-state index contributed by atoms with van der Waals surface area (Å²) in [5.41, 5.74) is 0. The van der Waals surface area contributed by atoms with Gasteiger partial charge in [0.25, 0.3) is 0 Å².